The maximum atomic E-state index is 13.6. The van der Waals surface area contributed by atoms with E-state index in [9.17, 15) is 9.18 Å². The highest BCUT2D eigenvalue weighted by atomic mass is 19.1. The van der Waals surface area contributed by atoms with Crippen LogP contribution in [-0.4, -0.2) is 21.7 Å². The fraction of sp³-hybridized carbons (Fsp3) is 0.286. The van der Waals surface area contributed by atoms with Crippen molar-refractivity contribution in [1.82, 2.24) is 9.78 Å². The molecule has 0 saturated carbocycles. The van der Waals surface area contributed by atoms with Gasteiger partial charge in [-0.1, -0.05) is 25.5 Å². The summed E-state index contributed by atoms with van der Waals surface area (Å²) in [7, 11) is 0. The van der Waals surface area contributed by atoms with Crippen molar-refractivity contribution in [2.45, 2.75) is 25.8 Å². The van der Waals surface area contributed by atoms with Gasteiger partial charge in [0, 0.05) is 0 Å². The predicted octanol–water partition coefficient (Wildman–Crippen LogP) is 2.08. The van der Waals surface area contributed by atoms with Crippen LogP contribution in [0.25, 0.3) is 5.69 Å². The van der Waals surface area contributed by atoms with Crippen LogP contribution in [0.4, 0.5) is 10.1 Å². The predicted molar refractivity (Wildman–Crippen MR) is 75.0 cm³/mol. The van der Waals surface area contributed by atoms with E-state index >= 15 is 0 Å². The Balaban J connectivity index is 2.10. The minimum Gasteiger partial charge on any atom is -0.322 e. The number of hydrogen-bond acceptors (Lipinski definition) is 3. The number of benzene rings is 1. The van der Waals surface area contributed by atoms with Crippen LogP contribution in [0.1, 0.15) is 19.8 Å². The molecule has 1 heterocycles. The molecule has 6 heteroatoms. The summed E-state index contributed by atoms with van der Waals surface area (Å²) in [4.78, 5) is 11.8. The molecule has 1 amide bonds. The minimum absolute atomic E-state index is 0.264. The van der Waals surface area contributed by atoms with Crippen molar-refractivity contribution in [3.63, 3.8) is 0 Å². The summed E-state index contributed by atoms with van der Waals surface area (Å²) < 4.78 is 15.0. The summed E-state index contributed by atoms with van der Waals surface area (Å²) >= 11 is 0. The molecule has 20 heavy (non-hydrogen) atoms. The van der Waals surface area contributed by atoms with Gasteiger partial charge in [0.15, 0.2) is 0 Å². The number of carbonyl (C=O) groups excluding carboxylic acids is 1. The Labute approximate surface area is 116 Å². The van der Waals surface area contributed by atoms with E-state index in [-0.39, 0.29) is 11.7 Å². The number of nitrogens with one attached hydrogen (secondary N) is 1. The zero-order chi connectivity index (χ0) is 14.5. The number of nitrogens with two attached hydrogens (primary N) is 1. The minimum atomic E-state index is -0.545. The maximum absolute atomic E-state index is 13.6. The van der Waals surface area contributed by atoms with Gasteiger partial charge < -0.3 is 11.1 Å². The number of hydrogen-bond donors (Lipinski definition) is 2. The average molecular weight is 276 g/mol. The standard InChI is InChI=1S/C14H17FN4O/c1-2-5-12(16)14(20)18-10-8-17-19(9-10)13-7-4-3-6-11(13)15/h3-4,6-9,12H,2,5,16H2,1H3,(H,18,20). The monoisotopic (exact) mass is 276 g/mol. The van der Waals surface area contributed by atoms with E-state index in [0.29, 0.717) is 17.8 Å². The van der Waals surface area contributed by atoms with Gasteiger partial charge in [0.25, 0.3) is 0 Å². The van der Waals surface area contributed by atoms with Crippen molar-refractivity contribution in [3.05, 3.63) is 42.5 Å². The number of carbonyl (C=O) groups is 1. The summed E-state index contributed by atoms with van der Waals surface area (Å²) in [5.41, 5.74) is 6.53. The topological polar surface area (TPSA) is 72.9 Å². The van der Waals surface area contributed by atoms with Gasteiger partial charge in [0.05, 0.1) is 24.1 Å². The molecule has 1 unspecified atom stereocenters. The smallest absolute Gasteiger partial charge is 0.241 e. The second kappa shape index (κ2) is 6.29. The Morgan fingerprint density at radius 2 is 2.25 bits per heavy atom. The van der Waals surface area contributed by atoms with Crippen molar-refractivity contribution in [3.8, 4) is 5.69 Å². The molecule has 0 spiro atoms. The van der Waals surface area contributed by atoms with Gasteiger partial charge in [0.2, 0.25) is 5.91 Å². The molecule has 2 aromatic rings. The van der Waals surface area contributed by atoms with Gasteiger partial charge in [-0.15, -0.1) is 0 Å². The van der Waals surface area contributed by atoms with Gasteiger partial charge in [-0.05, 0) is 18.6 Å². The molecule has 3 N–H and O–H groups in total. The van der Waals surface area contributed by atoms with Crippen LogP contribution in [0, 0.1) is 5.82 Å². The third-order valence-electron chi connectivity index (χ3n) is 2.89. The molecule has 5 nitrogen and oxygen atoms in total. The molecule has 0 bridgehead atoms. The first-order valence-corrected chi connectivity index (χ1v) is 6.48. The number of anilines is 1. The van der Waals surface area contributed by atoms with Gasteiger partial charge in [-0.2, -0.15) is 5.10 Å². The Hall–Kier alpha value is -2.21. The van der Waals surface area contributed by atoms with Crippen molar-refractivity contribution in [2.24, 2.45) is 5.73 Å². The summed E-state index contributed by atoms with van der Waals surface area (Å²) in [6.45, 7) is 1.96. The highest BCUT2D eigenvalue weighted by Crippen LogP contribution is 2.15. The van der Waals surface area contributed by atoms with Crippen LogP contribution in [0.5, 0.6) is 0 Å². The third kappa shape index (κ3) is 3.21. The number of halogens is 1. The third-order valence-corrected chi connectivity index (χ3v) is 2.89. The van der Waals surface area contributed by atoms with E-state index in [2.05, 4.69) is 10.4 Å². The molecule has 0 aliphatic heterocycles. The maximum Gasteiger partial charge on any atom is 0.241 e. The summed E-state index contributed by atoms with van der Waals surface area (Å²) in [5.74, 6) is -0.643. The van der Waals surface area contributed by atoms with E-state index in [1.54, 1.807) is 24.4 Å². The first-order valence-electron chi connectivity index (χ1n) is 6.48. The molecule has 0 saturated heterocycles. The van der Waals surface area contributed by atoms with Crippen LogP contribution < -0.4 is 11.1 Å². The fourth-order valence-corrected chi connectivity index (χ4v) is 1.83. The van der Waals surface area contributed by atoms with E-state index in [1.165, 1.54) is 16.9 Å². The van der Waals surface area contributed by atoms with E-state index in [0.717, 1.165) is 6.42 Å². The second-order valence-electron chi connectivity index (χ2n) is 4.51. The molecule has 0 aliphatic carbocycles. The Morgan fingerprint density at radius 3 is 2.95 bits per heavy atom. The quantitative estimate of drug-likeness (QED) is 0.878. The Morgan fingerprint density at radius 1 is 1.50 bits per heavy atom. The van der Waals surface area contributed by atoms with Crippen LogP contribution in [0.15, 0.2) is 36.7 Å². The SMILES string of the molecule is CCCC(N)C(=O)Nc1cnn(-c2ccccc2F)c1. The van der Waals surface area contributed by atoms with E-state index < -0.39 is 6.04 Å². The van der Waals surface area contributed by atoms with Gasteiger partial charge in [-0.25, -0.2) is 9.07 Å². The van der Waals surface area contributed by atoms with Gasteiger partial charge in [0.1, 0.15) is 11.5 Å². The molecular weight excluding hydrogens is 259 g/mol. The van der Waals surface area contributed by atoms with Gasteiger partial charge in [-0.3, -0.25) is 4.79 Å². The lowest BCUT2D eigenvalue weighted by atomic mass is 10.2. The first-order chi connectivity index (χ1) is 9.61. The number of aromatic nitrogens is 2. The van der Waals surface area contributed by atoms with Crippen LogP contribution in [-0.2, 0) is 4.79 Å². The van der Waals surface area contributed by atoms with Crippen LogP contribution in [0.2, 0.25) is 0 Å². The largest absolute Gasteiger partial charge is 0.322 e. The second-order valence-corrected chi connectivity index (χ2v) is 4.51. The van der Waals surface area contributed by atoms with Crippen molar-refractivity contribution in [2.75, 3.05) is 5.32 Å². The number of rotatable bonds is 5. The number of nitrogens with zero attached hydrogens (tertiary/aromatic N) is 2. The molecule has 0 aliphatic rings. The van der Waals surface area contributed by atoms with E-state index in [4.69, 9.17) is 5.73 Å². The molecule has 0 radical (unpaired) electrons. The fourth-order valence-electron chi connectivity index (χ4n) is 1.83. The molecule has 2 rings (SSSR count). The molecule has 0 fully saturated rings. The normalized spacial score (nSPS) is 12.2. The van der Waals surface area contributed by atoms with Crippen molar-refractivity contribution in [1.29, 1.82) is 0 Å². The molecular formula is C14H17FN4O. The lowest BCUT2D eigenvalue weighted by molar-refractivity contribution is -0.117. The number of amides is 1. The molecule has 106 valence electrons. The van der Waals surface area contributed by atoms with Gasteiger partial charge >= 0.3 is 0 Å². The van der Waals surface area contributed by atoms with Crippen LogP contribution in [0.3, 0.4) is 0 Å². The number of para-hydroxylation sites is 1. The highest BCUT2D eigenvalue weighted by Gasteiger charge is 2.13. The first kappa shape index (κ1) is 14.2. The lowest BCUT2D eigenvalue weighted by Gasteiger charge is -2.09. The molecule has 1 atom stereocenters. The molecule has 1 aromatic heterocycles. The average Bonchev–Trinajstić information content (AvgIpc) is 2.87. The Bertz CT molecular complexity index is 596. The summed E-state index contributed by atoms with van der Waals surface area (Å²) in [6, 6.07) is 5.74. The summed E-state index contributed by atoms with van der Waals surface area (Å²) in [5, 5.41) is 6.69. The van der Waals surface area contributed by atoms with Crippen molar-refractivity contribution >= 4 is 11.6 Å². The zero-order valence-corrected chi connectivity index (χ0v) is 11.2. The Kier molecular flexibility index (Phi) is 4.47. The summed E-state index contributed by atoms with van der Waals surface area (Å²) in [6.07, 6.45) is 4.47. The van der Waals surface area contributed by atoms with E-state index in [1.807, 2.05) is 6.92 Å². The van der Waals surface area contributed by atoms with Crippen LogP contribution >= 0.6 is 0 Å². The molecule has 1 aromatic carbocycles. The zero-order valence-electron chi connectivity index (χ0n) is 11.2. The van der Waals surface area contributed by atoms with Crippen molar-refractivity contribution < 1.29 is 9.18 Å². The lowest BCUT2D eigenvalue weighted by Crippen LogP contribution is -2.35. The highest BCUT2D eigenvalue weighted by molar-refractivity contribution is 5.94.